The van der Waals surface area contributed by atoms with Gasteiger partial charge in [0, 0.05) is 22.7 Å². The number of likely N-dealkylation sites (tertiary alicyclic amines) is 1. The second-order valence-electron chi connectivity index (χ2n) is 4.88. The largest absolute Gasteiger partial charge is 0.398 e. The summed E-state index contributed by atoms with van der Waals surface area (Å²) in [5.41, 5.74) is 7.04. The lowest BCUT2D eigenvalue weighted by atomic mass is 10.1. The van der Waals surface area contributed by atoms with Crippen LogP contribution in [0.15, 0.2) is 22.7 Å². The highest BCUT2D eigenvalue weighted by Gasteiger charge is 2.31. The van der Waals surface area contributed by atoms with E-state index in [2.05, 4.69) is 29.8 Å². The zero-order valence-corrected chi connectivity index (χ0v) is 11.7. The molecular formula is C13H17BrN2O. The van der Waals surface area contributed by atoms with Crippen molar-refractivity contribution in [2.24, 2.45) is 5.92 Å². The third kappa shape index (κ3) is 2.46. The van der Waals surface area contributed by atoms with E-state index in [4.69, 9.17) is 5.73 Å². The summed E-state index contributed by atoms with van der Waals surface area (Å²) in [6, 6.07) is 5.73. The van der Waals surface area contributed by atoms with Crippen LogP contribution in [-0.4, -0.2) is 23.4 Å². The predicted molar refractivity (Wildman–Crippen MR) is 72.8 cm³/mol. The summed E-state index contributed by atoms with van der Waals surface area (Å²) in [5.74, 6) is 0.623. The smallest absolute Gasteiger partial charge is 0.256 e. The molecule has 0 spiro atoms. The molecule has 0 radical (unpaired) electrons. The molecule has 0 bridgehead atoms. The first-order valence-corrected chi connectivity index (χ1v) is 6.64. The summed E-state index contributed by atoms with van der Waals surface area (Å²) < 4.78 is 0.898. The summed E-state index contributed by atoms with van der Waals surface area (Å²) in [7, 11) is 0. The van der Waals surface area contributed by atoms with E-state index < -0.39 is 0 Å². The van der Waals surface area contributed by atoms with Crippen LogP contribution in [0.4, 0.5) is 5.69 Å². The first kappa shape index (κ1) is 12.4. The molecule has 0 saturated carbocycles. The summed E-state index contributed by atoms with van der Waals surface area (Å²) >= 11 is 3.35. The Labute approximate surface area is 110 Å². The molecule has 1 aliphatic heterocycles. The molecule has 2 rings (SSSR count). The minimum atomic E-state index is 0.0480. The van der Waals surface area contributed by atoms with E-state index >= 15 is 0 Å². The van der Waals surface area contributed by atoms with Crippen molar-refractivity contribution >= 4 is 27.5 Å². The van der Waals surface area contributed by atoms with Gasteiger partial charge in [0.25, 0.3) is 5.91 Å². The molecule has 0 aliphatic carbocycles. The molecule has 1 amide bonds. The van der Waals surface area contributed by atoms with E-state index in [-0.39, 0.29) is 5.91 Å². The Morgan fingerprint density at radius 3 is 2.71 bits per heavy atom. The van der Waals surface area contributed by atoms with E-state index in [1.165, 1.54) is 0 Å². The molecule has 1 heterocycles. The minimum Gasteiger partial charge on any atom is -0.398 e. The van der Waals surface area contributed by atoms with Gasteiger partial charge in [-0.3, -0.25) is 4.79 Å². The summed E-state index contributed by atoms with van der Waals surface area (Å²) in [4.78, 5) is 14.3. The number of nitrogen functional groups attached to an aromatic ring is 1. The predicted octanol–water partition coefficient (Wildman–Crippen LogP) is 2.90. The van der Waals surface area contributed by atoms with Gasteiger partial charge in [-0.15, -0.1) is 0 Å². The lowest BCUT2D eigenvalue weighted by Gasteiger charge is -2.22. The lowest BCUT2D eigenvalue weighted by molar-refractivity contribution is 0.0745. The Bertz CT molecular complexity index is 447. The van der Waals surface area contributed by atoms with Crippen molar-refractivity contribution < 1.29 is 4.79 Å². The highest BCUT2D eigenvalue weighted by Crippen LogP contribution is 2.27. The molecule has 1 aromatic carbocycles. The summed E-state index contributed by atoms with van der Waals surface area (Å²) in [6.07, 6.45) is 1.07. The van der Waals surface area contributed by atoms with Gasteiger partial charge in [0.15, 0.2) is 0 Å². The fourth-order valence-electron chi connectivity index (χ4n) is 2.47. The second kappa shape index (κ2) is 4.69. The van der Waals surface area contributed by atoms with Gasteiger partial charge >= 0.3 is 0 Å². The number of hydrogen-bond donors (Lipinski definition) is 1. The average Bonchev–Trinajstić information content (AvgIpc) is 2.57. The molecule has 1 aromatic rings. The number of halogens is 1. The van der Waals surface area contributed by atoms with Crippen LogP contribution in [0, 0.1) is 5.92 Å². The Morgan fingerprint density at radius 2 is 2.18 bits per heavy atom. The van der Waals surface area contributed by atoms with Crippen LogP contribution in [-0.2, 0) is 0 Å². The van der Waals surface area contributed by atoms with Crippen molar-refractivity contribution in [3.63, 3.8) is 0 Å². The number of anilines is 1. The van der Waals surface area contributed by atoms with Crippen LogP contribution in [0.1, 0.15) is 30.6 Å². The van der Waals surface area contributed by atoms with Crippen molar-refractivity contribution in [1.82, 2.24) is 4.90 Å². The normalized spacial score (nSPS) is 24.1. The number of hydrogen-bond acceptors (Lipinski definition) is 2. The molecule has 17 heavy (non-hydrogen) atoms. The summed E-state index contributed by atoms with van der Waals surface area (Å²) in [5, 5.41) is 0. The molecule has 1 fully saturated rings. The first-order chi connectivity index (χ1) is 7.99. The Balaban J connectivity index is 2.25. The van der Waals surface area contributed by atoms with Crippen LogP contribution in [0.5, 0.6) is 0 Å². The Hall–Kier alpha value is -1.03. The maximum absolute atomic E-state index is 12.4. The third-order valence-electron chi connectivity index (χ3n) is 3.29. The zero-order chi connectivity index (χ0) is 12.6. The van der Waals surface area contributed by atoms with Gasteiger partial charge in [-0.05, 0) is 37.5 Å². The van der Waals surface area contributed by atoms with E-state index in [9.17, 15) is 4.79 Å². The zero-order valence-electron chi connectivity index (χ0n) is 10.1. The second-order valence-corrected chi connectivity index (χ2v) is 5.79. The fraction of sp³-hybridized carbons (Fsp3) is 0.462. The highest BCUT2D eigenvalue weighted by molar-refractivity contribution is 9.10. The van der Waals surface area contributed by atoms with Gasteiger partial charge in [-0.1, -0.05) is 22.9 Å². The quantitative estimate of drug-likeness (QED) is 0.810. The van der Waals surface area contributed by atoms with Crippen LogP contribution >= 0.6 is 15.9 Å². The molecule has 2 unspecified atom stereocenters. The molecule has 1 saturated heterocycles. The monoisotopic (exact) mass is 296 g/mol. The molecule has 1 aliphatic rings. The van der Waals surface area contributed by atoms with E-state index in [1.54, 1.807) is 12.1 Å². The van der Waals surface area contributed by atoms with Crippen molar-refractivity contribution in [3.05, 3.63) is 28.2 Å². The first-order valence-electron chi connectivity index (χ1n) is 5.85. The Morgan fingerprint density at radius 1 is 1.47 bits per heavy atom. The van der Waals surface area contributed by atoms with Gasteiger partial charge in [0.2, 0.25) is 0 Å². The number of amides is 1. The maximum atomic E-state index is 12.4. The van der Waals surface area contributed by atoms with E-state index in [0.717, 1.165) is 17.4 Å². The van der Waals surface area contributed by atoms with E-state index in [1.807, 2.05) is 11.0 Å². The minimum absolute atomic E-state index is 0.0480. The Kier molecular flexibility index (Phi) is 3.43. The number of benzene rings is 1. The van der Waals surface area contributed by atoms with E-state index in [0.29, 0.717) is 23.2 Å². The molecule has 2 N–H and O–H groups in total. The number of rotatable bonds is 1. The van der Waals surface area contributed by atoms with Crippen molar-refractivity contribution in [1.29, 1.82) is 0 Å². The molecular weight excluding hydrogens is 280 g/mol. The van der Waals surface area contributed by atoms with Gasteiger partial charge in [-0.25, -0.2) is 0 Å². The van der Waals surface area contributed by atoms with Crippen molar-refractivity contribution in [2.45, 2.75) is 26.3 Å². The number of carbonyl (C=O) groups is 1. The lowest BCUT2D eigenvalue weighted by Crippen LogP contribution is -2.34. The number of nitrogens with two attached hydrogens (primary N) is 1. The highest BCUT2D eigenvalue weighted by atomic mass is 79.9. The number of carbonyl (C=O) groups excluding carboxylic acids is 1. The van der Waals surface area contributed by atoms with Crippen LogP contribution in [0.2, 0.25) is 0 Å². The maximum Gasteiger partial charge on any atom is 0.256 e. The molecule has 2 atom stereocenters. The SMILES string of the molecule is CC1CC(C)N(C(=O)c2ccc(Br)cc2N)C1. The van der Waals surface area contributed by atoms with Crippen LogP contribution in [0.25, 0.3) is 0 Å². The van der Waals surface area contributed by atoms with Gasteiger partial charge in [0.05, 0.1) is 5.56 Å². The van der Waals surface area contributed by atoms with Crippen molar-refractivity contribution in [2.75, 3.05) is 12.3 Å². The van der Waals surface area contributed by atoms with Gasteiger partial charge in [0.1, 0.15) is 0 Å². The topological polar surface area (TPSA) is 46.3 Å². The van der Waals surface area contributed by atoms with Gasteiger partial charge < -0.3 is 10.6 Å². The van der Waals surface area contributed by atoms with Crippen molar-refractivity contribution in [3.8, 4) is 0 Å². The number of nitrogens with zero attached hydrogens (tertiary/aromatic N) is 1. The molecule has 0 aromatic heterocycles. The van der Waals surface area contributed by atoms with Gasteiger partial charge in [-0.2, -0.15) is 0 Å². The van der Waals surface area contributed by atoms with Crippen LogP contribution < -0.4 is 5.73 Å². The summed E-state index contributed by atoms with van der Waals surface area (Å²) in [6.45, 7) is 5.10. The fourth-order valence-corrected chi connectivity index (χ4v) is 2.84. The molecule has 3 nitrogen and oxygen atoms in total. The average molecular weight is 297 g/mol. The van der Waals surface area contributed by atoms with Crippen LogP contribution in [0.3, 0.4) is 0 Å². The third-order valence-corrected chi connectivity index (χ3v) is 3.78. The molecule has 92 valence electrons. The molecule has 4 heteroatoms. The standard InChI is InChI=1S/C13H17BrN2O/c1-8-5-9(2)16(7-8)13(17)11-4-3-10(14)6-12(11)15/h3-4,6,8-9H,5,7,15H2,1-2H3.